The molecule has 0 unspecified atom stereocenters. The standard InChI is InChI=1S/C6H9NO2S/c1-2-10-4-3-5(8)7-6(4)9/h3,7-9H,2H2,1H3. The quantitative estimate of drug-likeness (QED) is 0.574. The topological polar surface area (TPSA) is 56.2 Å². The van der Waals surface area contributed by atoms with Crippen LogP contribution in [0.15, 0.2) is 11.0 Å². The second kappa shape index (κ2) is 2.88. The molecule has 56 valence electrons. The Kier molecular flexibility index (Phi) is 2.11. The molecule has 0 spiro atoms. The number of hydrogen-bond acceptors (Lipinski definition) is 3. The van der Waals surface area contributed by atoms with Crippen LogP contribution in [0.1, 0.15) is 6.92 Å². The van der Waals surface area contributed by atoms with E-state index >= 15 is 0 Å². The van der Waals surface area contributed by atoms with E-state index in [0.717, 1.165) is 5.75 Å². The summed E-state index contributed by atoms with van der Waals surface area (Å²) in [6.45, 7) is 1.98. The maximum absolute atomic E-state index is 9.03. The van der Waals surface area contributed by atoms with Crippen molar-refractivity contribution in [2.45, 2.75) is 11.8 Å². The van der Waals surface area contributed by atoms with Crippen molar-refractivity contribution in [3.63, 3.8) is 0 Å². The zero-order valence-electron chi connectivity index (χ0n) is 5.59. The molecule has 0 bridgehead atoms. The molecule has 3 nitrogen and oxygen atoms in total. The van der Waals surface area contributed by atoms with Crippen molar-refractivity contribution in [3.05, 3.63) is 6.07 Å². The zero-order chi connectivity index (χ0) is 7.56. The lowest BCUT2D eigenvalue weighted by molar-refractivity contribution is 0.421. The molecule has 0 radical (unpaired) electrons. The number of nitrogens with one attached hydrogen (secondary N) is 1. The summed E-state index contributed by atoms with van der Waals surface area (Å²) < 4.78 is 0. The Morgan fingerprint density at radius 3 is 2.70 bits per heavy atom. The fourth-order valence-corrected chi connectivity index (χ4v) is 1.37. The van der Waals surface area contributed by atoms with Gasteiger partial charge in [0.1, 0.15) is 0 Å². The van der Waals surface area contributed by atoms with Crippen LogP contribution in [0.4, 0.5) is 0 Å². The van der Waals surface area contributed by atoms with Gasteiger partial charge < -0.3 is 10.2 Å². The van der Waals surface area contributed by atoms with E-state index in [0.29, 0.717) is 4.90 Å². The molecular formula is C6H9NO2S. The van der Waals surface area contributed by atoms with Crippen LogP contribution in [-0.2, 0) is 0 Å². The van der Waals surface area contributed by atoms with Gasteiger partial charge in [0.15, 0.2) is 5.88 Å². The number of aromatic hydroxyl groups is 2. The molecule has 3 N–H and O–H groups in total. The van der Waals surface area contributed by atoms with E-state index in [1.165, 1.54) is 17.8 Å². The second-order valence-corrected chi connectivity index (χ2v) is 3.11. The van der Waals surface area contributed by atoms with Crippen molar-refractivity contribution < 1.29 is 10.2 Å². The van der Waals surface area contributed by atoms with Crippen molar-refractivity contribution in [1.29, 1.82) is 0 Å². The molecule has 0 aliphatic heterocycles. The second-order valence-electron chi connectivity index (χ2n) is 1.80. The molecule has 0 amide bonds. The Bertz CT molecular complexity index is 222. The molecule has 0 saturated heterocycles. The van der Waals surface area contributed by atoms with Crippen LogP contribution in [-0.4, -0.2) is 20.9 Å². The van der Waals surface area contributed by atoms with E-state index in [1.807, 2.05) is 6.92 Å². The summed E-state index contributed by atoms with van der Waals surface area (Å²) in [5.41, 5.74) is 0. The first kappa shape index (κ1) is 7.34. The van der Waals surface area contributed by atoms with Crippen LogP contribution < -0.4 is 0 Å². The van der Waals surface area contributed by atoms with Gasteiger partial charge >= 0.3 is 0 Å². The van der Waals surface area contributed by atoms with Crippen LogP contribution in [0.5, 0.6) is 11.8 Å². The third-order valence-corrected chi connectivity index (χ3v) is 1.96. The van der Waals surface area contributed by atoms with Crippen molar-refractivity contribution in [1.82, 2.24) is 4.98 Å². The highest BCUT2D eigenvalue weighted by atomic mass is 32.2. The fourth-order valence-electron chi connectivity index (χ4n) is 0.677. The van der Waals surface area contributed by atoms with Gasteiger partial charge in [-0.25, -0.2) is 0 Å². The van der Waals surface area contributed by atoms with Gasteiger partial charge in [-0.1, -0.05) is 6.92 Å². The SMILES string of the molecule is CCSc1cc(O)[nH]c1O. The summed E-state index contributed by atoms with van der Waals surface area (Å²) in [5.74, 6) is 0.933. The molecule has 0 aliphatic carbocycles. The number of H-pyrrole nitrogens is 1. The van der Waals surface area contributed by atoms with Crippen molar-refractivity contribution in [3.8, 4) is 11.8 Å². The molecule has 1 rings (SSSR count). The first-order valence-corrected chi connectivity index (χ1v) is 3.96. The van der Waals surface area contributed by atoms with Gasteiger partial charge in [-0.15, -0.1) is 11.8 Å². The average Bonchev–Trinajstić information content (AvgIpc) is 2.13. The highest BCUT2D eigenvalue weighted by Gasteiger charge is 2.04. The zero-order valence-corrected chi connectivity index (χ0v) is 6.40. The first-order chi connectivity index (χ1) is 4.74. The Labute approximate surface area is 63.1 Å². The molecule has 10 heavy (non-hydrogen) atoms. The van der Waals surface area contributed by atoms with Gasteiger partial charge in [-0.3, -0.25) is 4.98 Å². The van der Waals surface area contributed by atoms with Gasteiger partial charge in [-0.2, -0.15) is 0 Å². The number of aromatic nitrogens is 1. The predicted octanol–water partition coefficient (Wildman–Crippen LogP) is 1.54. The van der Waals surface area contributed by atoms with Gasteiger partial charge in [0.25, 0.3) is 0 Å². The van der Waals surface area contributed by atoms with Crippen molar-refractivity contribution in [2.75, 3.05) is 5.75 Å². The van der Waals surface area contributed by atoms with E-state index in [4.69, 9.17) is 10.2 Å². The summed E-state index contributed by atoms with van der Waals surface area (Å²) in [5, 5.41) is 17.9. The van der Waals surface area contributed by atoms with E-state index < -0.39 is 0 Å². The molecule has 4 heteroatoms. The maximum atomic E-state index is 9.03. The molecule has 0 aliphatic rings. The third-order valence-electron chi connectivity index (χ3n) is 1.05. The molecule has 1 aromatic rings. The normalized spacial score (nSPS) is 10.1. The van der Waals surface area contributed by atoms with Crippen LogP contribution in [0, 0.1) is 0 Å². The molecule has 1 heterocycles. The number of rotatable bonds is 2. The van der Waals surface area contributed by atoms with E-state index in [2.05, 4.69) is 4.98 Å². The monoisotopic (exact) mass is 159 g/mol. The van der Waals surface area contributed by atoms with Gasteiger partial charge in [0.05, 0.1) is 4.90 Å². The number of aromatic amines is 1. The molecule has 1 aromatic heterocycles. The predicted molar refractivity (Wildman–Crippen MR) is 40.5 cm³/mol. The lowest BCUT2D eigenvalue weighted by Gasteiger charge is -1.90. The summed E-state index contributed by atoms with van der Waals surface area (Å²) >= 11 is 1.48. The number of thioether (sulfide) groups is 1. The van der Waals surface area contributed by atoms with E-state index in [9.17, 15) is 0 Å². The van der Waals surface area contributed by atoms with Gasteiger partial charge in [0.2, 0.25) is 5.88 Å². The molecule has 0 fully saturated rings. The molecule has 0 atom stereocenters. The largest absolute Gasteiger partial charge is 0.494 e. The molecular weight excluding hydrogens is 150 g/mol. The van der Waals surface area contributed by atoms with Crippen LogP contribution in [0.3, 0.4) is 0 Å². The van der Waals surface area contributed by atoms with Crippen LogP contribution in [0.25, 0.3) is 0 Å². The Morgan fingerprint density at radius 1 is 1.60 bits per heavy atom. The highest BCUT2D eigenvalue weighted by molar-refractivity contribution is 7.99. The van der Waals surface area contributed by atoms with Crippen molar-refractivity contribution in [2.24, 2.45) is 0 Å². The van der Waals surface area contributed by atoms with Crippen molar-refractivity contribution >= 4 is 11.8 Å². The lowest BCUT2D eigenvalue weighted by Crippen LogP contribution is -1.67. The summed E-state index contributed by atoms with van der Waals surface area (Å²) in [6.07, 6.45) is 0. The van der Waals surface area contributed by atoms with Crippen LogP contribution >= 0.6 is 11.8 Å². The average molecular weight is 159 g/mol. The van der Waals surface area contributed by atoms with Gasteiger partial charge in [0, 0.05) is 6.07 Å². The Hall–Kier alpha value is -0.770. The maximum Gasteiger partial charge on any atom is 0.205 e. The summed E-state index contributed by atoms with van der Waals surface area (Å²) in [4.78, 5) is 3.08. The highest BCUT2D eigenvalue weighted by Crippen LogP contribution is 2.30. The fraction of sp³-hybridized carbons (Fsp3) is 0.333. The summed E-state index contributed by atoms with van der Waals surface area (Å²) in [6, 6.07) is 1.50. The van der Waals surface area contributed by atoms with Crippen LogP contribution in [0.2, 0.25) is 0 Å². The molecule has 0 aromatic carbocycles. The minimum absolute atomic E-state index is 0.00782. The smallest absolute Gasteiger partial charge is 0.205 e. The third kappa shape index (κ3) is 1.39. The van der Waals surface area contributed by atoms with E-state index in [1.54, 1.807) is 0 Å². The Morgan fingerprint density at radius 2 is 2.30 bits per heavy atom. The number of hydrogen-bond donors (Lipinski definition) is 3. The summed E-state index contributed by atoms with van der Waals surface area (Å²) in [7, 11) is 0. The minimum Gasteiger partial charge on any atom is -0.494 e. The van der Waals surface area contributed by atoms with Gasteiger partial charge in [-0.05, 0) is 5.75 Å². The van der Waals surface area contributed by atoms with E-state index in [-0.39, 0.29) is 11.8 Å². The Balaban J connectivity index is 2.81. The first-order valence-electron chi connectivity index (χ1n) is 2.97. The lowest BCUT2D eigenvalue weighted by atomic mass is 10.6. The minimum atomic E-state index is 0.00782. The molecule has 0 saturated carbocycles.